The molecule has 0 radical (unpaired) electrons. The van der Waals surface area contributed by atoms with Gasteiger partial charge in [0.2, 0.25) is 5.91 Å². The van der Waals surface area contributed by atoms with Gasteiger partial charge in [-0.25, -0.2) is 4.21 Å². The molecule has 0 aliphatic heterocycles. The highest BCUT2D eigenvalue weighted by Crippen LogP contribution is 2.26. The van der Waals surface area contributed by atoms with Crippen molar-refractivity contribution in [3.05, 3.63) is 66.2 Å². The summed E-state index contributed by atoms with van der Waals surface area (Å²) in [6.07, 6.45) is 0.393. The maximum Gasteiger partial charge on any atom is 0.225 e. The molecule has 0 fully saturated rings. The van der Waals surface area contributed by atoms with Crippen molar-refractivity contribution < 1.29 is 9.00 Å². The van der Waals surface area contributed by atoms with Crippen molar-refractivity contribution in [2.45, 2.75) is 25.2 Å². The Morgan fingerprint density at radius 1 is 1.06 bits per heavy atom. The van der Waals surface area contributed by atoms with Crippen LogP contribution in [-0.2, 0) is 15.6 Å². The van der Waals surface area contributed by atoms with E-state index in [1.165, 1.54) is 0 Å². The summed E-state index contributed by atoms with van der Waals surface area (Å²) >= 11 is 0. The van der Waals surface area contributed by atoms with E-state index in [2.05, 4.69) is 24.1 Å². The summed E-state index contributed by atoms with van der Waals surface area (Å²) in [7, 11) is -1.68. The van der Waals surface area contributed by atoms with Crippen molar-refractivity contribution in [3.63, 3.8) is 0 Å². The first kappa shape index (κ1) is 22.7. The highest BCUT2D eigenvalue weighted by atomic mass is 32.2. The van der Waals surface area contributed by atoms with Crippen molar-refractivity contribution >= 4 is 43.9 Å². The molecule has 1 unspecified atom stereocenters. The number of anilines is 2. The van der Waals surface area contributed by atoms with E-state index in [0.29, 0.717) is 34.8 Å². The highest BCUT2D eigenvalue weighted by molar-refractivity contribution is 8.01. The maximum atomic E-state index is 13.1. The first-order valence-corrected chi connectivity index (χ1v) is 11.5. The minimum absolute atomic E-state index is 0.0618. The number of nitrogens with two attached hydrogens (primary N) is 1. The molecule has 0 aliphatic carbocycles. The molecule has 31 heavy (non-hydrogen) atoms. The van der Waals surface area contributed by atoms with Crippen molar-refractivity contribution in [1.29, 1.82) is 5.41 Å². The lowest BCUT2D eigenvalue weighted by Gasteiger charge is -2.17. The fourth-order valence-electron chi connectivity index (χ4n) is 3.44. The van der Waals surface area contributed by atoms with E-state index >= 15 is 0 Å². The second-order valence-corrected chi connectivity index (χ2v) is 8.59. The third-order valence-electron chi connectivity index (χ3n) is 5.26. The topological polar surface area (TPSA) is 99.3 Å². The maximum absolute atomic E-state index is 13.1. The van der Waals surface area contributed by atoms with Gasteiger partial charge < -0.3 is 16.0 Å². The molecule has 4 N–H and O–H groups in total. The Hall–Kier alpha value is -3.03. The van der Waals surface area contributed by atoms with Crippen LogP contribution in [0.5, 0.6) is 0 Å². The monoisotopic (exact) mass is 436 g/mol. The molecule has 3 aromatic carbocycles. The van der Waals surface area contributed by atoms with Gasteiger partial charge in [-0.2, -0.15) is 0 Å². The van der Waals surface area contributed by atoms with Crippen LogP contribution >= 0.6 is 0 Å². The molecule has 1 amide bonds. The van der Waals surface area contributed by atoms with E-state index < -0.39 is 10.8 Å². The van der Waals surface area contributed by atoms with Gasteiger partial charge in [0.25, 0.3) is 0 Å². The predicted molar refractivity (Wildman–Crippen MR) is 129 cm³/mol. The van der Waals surface area contributed by atoms with Gasteiger partial charge in [-0.05, 0) is 48.1 Å². The molecule has 0 spiro atoms. The molecule has 0 aliphatic rings. The van der Waals surface area contributed by atoms with Gasteiger partial charge in [0.15, 0.2) is 0 Å². The zero-order valence-electron chi connectivity index (χ0n) is 17.9. The summed E-state index contributed by atoms with van der Waals surface area (Å²) in [6, 6.07) is 18.2. The Balaban J connectivity index is 1.74. The molecule has 0 bridgehead atoms. The van der Waals surface area contributed by atoms with Crippen LogP contribution in [0.4, 0.5) is 11.4 Å². The van der Waals surface area contributed by atoms with Crippen LogP contribution in [-0.4, -0.2) is 39.7 Å². The number of carbonyl (C=O) groups excluding carboxylic acids is 1. The third-order valence-corrected chi connectivity index (χ3v) is 6.61. The van der Waals surface area contributed by atoms with E-state index in [1.54, 1.807) is 24.3 Å². The van der Waals surface area contributed by atoms with E-state index in [0.717, 1.165) is 23.9 Å². The summed E-state index contributed by atoms with van der Waals surface area (Å²) in [4.78, 5) is 15.0. The molecular formula is C24H28N4O2S. The molecule has 3 rings (SSSR count). The Labute approximate surface area is 185 Å². The average molecular weight is 437 g/mol. The van der Waals surface area contributed by atoms with Crippen molar-refractivity contribution in [3.8, 4) is 0 Å². The van der Waals surface area contributed by atoms with Gasteiger partial charge >= 0.3 is 0 Å². The summed E-state index contributed by atoms with van der Waals surface area (Å²) < 4.78 is 13.1. The second kappa shape index (κ2) is 10.3. The number of hydrogen-bond donors (Lipinski definition) is 3. The van der Waals surface area contributed by atoms with E-state index in [1.807, 2.05) is 36.4 Å². The van der Waals surface area contributed by atoms with Gasteiger partial charge in [0.1, 0.15) is 15.8 Å². The smallest absolute Gasteiger partial charge is 0.225 e. The summed E-state index contributed by atoms with van der Waals surface area (Å²) in [5.74, 6) is -0.0894. The molecule has 0 heterocycles. The van der Waals surface area contributed by atoms with E-state index in [-0.39, 0.29) is 11.0 Å². The first-order valence-electron chi connectivity index (χ1n) is 10.3. The van der Waals surface area contributed by atoms with Crippen LogP contribution < -0.4 is 11.1 Å². The van der Waals surface area contributed by atoms with Gasteiger partial charge in [-0.15, -0.1) is 0 Å². The fraction of sp³-hybridized carbons (Fsp3) is 0.250. The molecule has 162 valence electrons. The SMILES string of the molecule is CCN(CC)CCC(=O)Nc1ccc(C(=N)S(=O)c2cccc3ccccc23)c(N)c1. The van der Waals surface area contributed by atoms with Crippen LogP contribution in [0.25, 0.3) is 10.8 Å². The van der Waals surface area contributed by atoms with Crippen LogP contribution in [0.15, 0.2) is 65.6 Å². The Morgan fingerprint density at radius 3 is 2.48 bits per heavy atom. The minimum atomic E-state index is -1.68. The molecule has 0 saturated carbocycles. The van der Waals surface area contributed by atoms with Crippen molar-refractivity contribution in [2.75, 3.05) is 30.7 Å². The number of fused-ring (bicyclic) bond motifs is 1. The predicted octanol–water partition coefficient (Wildman–Crippen LogP) is 4.23. The van der Waals surface area contributed by atoms with Crippen molar-refractivity contribution in [2.24, 2.45) is 0 Å². The van der Waals surface area contributed by atoms with Crippen LogP contribution in [0.2, 0.25) is 0 Å². The van der Waals surface area contributed by atoms with Crippen LogP contribution in [0.3, 0.4) is 0 Å². The van der Waals surface area contributed by atoms with Gasteiger partial charge in [0, 0.05) is 29.9 Å². The van der Waals surface area contributed by atoms with Crippen LogP contribution in [0, 0.1) is 5.41 Å². The van der Waals surface area contributed by atoms with Gasteiger partial charge in [-0.3, -0.25) is 10.2 Å². The number of amides is 1. The number of hydrogen-bond acceptors (Lipinski definition) is 5. The Morgan fingerprint density at radius 2 is 1.77 bits per heavy atom. The number of nitrogens with zero attached hydrogens (tertiary/aromatic N) is 1. The average Bonchev–Trinajstić information content (AvgIpc) is 2.78. The van der Waals surface area contributed by atoms with Gasteiger partial charge in [-0.1, -0.05) is 50.2 Å². The summed E-state index contributed by atoms with van der Waals surface area (Å²) in [6.45, 7) is 6.64. The molecule has 7 heteroatoms. The lowest BCUT2D eigenvalue weighted by atomic mass is 10.1. The van der Waals surface area contributed by atoms with Crippen LogP contribution in [0.1, 0.15) is 25.8 Å². The second-order valence-electron chi connectivity index (χ2n) is 7.20. The minimum Gasteiger partial charge on any atom is -0.398 e. The van der Waals surface area contributed by atoms with E-state index in [4.69, 9.17) is 11.1 Å². The van der Waals surface area contributed by atoms with Crippen molar-refractivity contribution in [1.82, 2.24) is 4.90 Å². The number of nitrogens with one attached hydrogen (secondary N) is 2. The zero-order valence-corrected chi connectivity index (χ0v) is 18.7. The summed E-state index contributed by atoms with van der Waals surface area (Å²) in [5, 5.41) is 13.1. The molecule has 1 atom stereocenters. The quantitative estimate of drug-likeness (QED) is 0.280. The largest absolute Gasteiger partial charge is 0.398 e. The molecule has 0 aromatic heterocycles. The number of benzene rings is 3. The Kier molecular flexibility index (Phi) is 7.55. The van der Waals surface area contributed by atoms with Gasteiger partial charge in [0.05, 0.1) is 4.90 Å². The highest BCUT2D eigenvalue weighted by Gasteiger charge is 2.18. The number of nitrogen functional groups attached to an aromatic ring is 1. The Bertz CT molecular complexity index is 1120. The normalized spacial score (nSPS) is 12.1. The first-order chi connectivity index (χ1) is 14.9. The lowest BCUT2D eigenvalue weighted by molar-refractivity contribution is -0.116. The lowest BCUT2D eigenvalue weighted by Crippen LogP contribution is -2.27. The molecule has 0 saturated heterocycles. The standard InChI is InChI=1S/C24H28N4O2S/c1-3-28(4-2)15-14-23(29)27-18-12-13-20(21(25)16-18)24(26)31(30)22-11-7-9-17-8-5-6-10-19(17)22/h5-13,16,26H,3-4,14-15,25H2,1-2H3,(H,27,29). The summed E-state index contributed by atoms with van der Waals surface area (Å²) in [5.41, 5.74) is 7.42. The van der Waals surface area contributed by atoms with E-state index in [9.17, 15) is 9.00 Å². The zero-order chi connectivity index (χ0) is 22.4. The molecular weight excluding hydrogens is 408 g/mol. The fourth-order valence-corrected chi connectivity index (χ4v) is 4.63. The molecule has 6 nitrogen and oxygen atoms in total. The molecule has 3 aromatic rings. The third kappa shape index (κ3) is 5.37. The number of rotatable bonds is 8. The number of carbonyl (C=O) groups is 1.